The first-order valence-corrected chi connectivity index (χ1v) is 6.21. The van der Waals surface area contributed by atoms with Crippen molar-refractivity contribution in [3.8, 4) is 0 Å². The number of aromatic nitrogens is 1. The van der Waals surface area contributed by atoms with Crippen LogP contribution in [0.2, 0.25) is 10.0 Å². The lowest BCUT2D eigenvalue weighted by atomic mass is 10.3. The number of nitrogens with zero attached hydrogens (tertiary/aromatic N) is 1. The van der Waals surface area contributed by atoms with E-state index in [2.05, 4.69) is 15.6 Å². The molecule has 0 aliphatic heterocycles. The molecule has 0 radical (unpaired) electrons. The average Bonchev–Trinajstić information content (AvgIpc) is 2.76. The summed E-state index contributed by atoms with van der Waals surface area (Å²) in [7, 11) is 0. The molecule has 2 N–H and O–H groups in total. The molecule has 1 heterocycles. The van der Waals surface area contributed by atoms with E-state index in [1.54, 1.807) is 29.8 Å². The molecule has 1 aromatic heterocycles. The summed E-state index contributed by atoms with van der Waals surface area (Å²) in [6.07, 6.45) is 1.60. The summed E-state index contributed by atoms with van der Waals surface area (Å²) in [4.78, 5) is 15.5. The van der Waals surface area contributed by atoms with E-state index in [1.807, 2.05) is 0 Å². The molecule has 2 amide bonds. The summed E-state index contributed by atoms with van der Waals surface area (Å²) in [5.41, 5.74) is 0.452. The maximum Gasteiger partial charge on any atom is 0.325 e. The number of amides is 2. The quantitative estimate of drug-likeness (QED) is 0.874. The van der Waals surface area contributed by atoms with Crippen LogP contribution in [0.1, 0.15) is 0 Å². The highest BCUT2D eigenvalue weighted by Gasteiger charge is 2.07. The SMILES string of the molecule is O=C(Nc1nccs1)Nc1cc(Cl)ccc1Cl. The molecule has 7 heteroatoms. The van der Waals surface area contributed by atoms with Crippen LogP contribution in [0.4, 0.5) is 15.6 Å². The Bertz CT molecular complexity index is 530. The molecule has 0 aliphatic rings. The van der Waals surface area contributed by atoms with Crippen LogP contribution in [0.15, 0.2) is 29.8 Å². The zero-order chi connectivity index (χ0) is 12.3. The number of thiazole rings is 1. The Labute approximate surface area is 112 Å². The maximum atomic E-state index is 11.6. The van der Waals surface area contributed by atoms with Gasteiger partial charge in [0.25, 0.3) is 0 Å². The molecule has 0 aliphatic carbocycles. The molecule has 2 aromatic rings. The molecule has 1 aromatic carbocycles. The molecule has 0 atom stereocenters. The number of benzene rings is 1. The van der Waals surface area contributed by atoms with Crippen molar-refractivity contribution >= 4 is 51.4 Å². The van der Waals surface area contributed by atoms with E-state index in [0.717, 1.165) is 0 Å². The summed E-state index contributed by atoms with van der Waals surface area (Å²) < 4.78 is 0. The number of anilines is 2. The van der Waals surface area contributed by atoms with Gasteiger partial charge in [-0.05, 0) is 18.2 Å². The molecule has 2 rings (SSSR count). The largest absolute Gasteiger partial charge is 0.325 e. The third-order valence-electron chi connectivity index (χ3n) is 1.83. The van der Waals surface area contributed by atoms with Crippen molar-refractivity contribution in [1.29, 1.82) is 0 Å². The van der Waals surface area contributed by atoms with Gasteiger partial charge in [0.15, 0.2) is 5.13 Å². The normalized spacial score (nSPS) is 10.0. The van der Waals surface area contributed by atoms with Gasteiger partial charge in [0.2, 0.25) is 0 Å². The zero-order valence-electron chi connectivity index (χ0n) is 8.41. The molecule has 0 fully saturated rings. The van der Waals surface area contributed by atoms with E-state index in [9.17, 15) is 4.79 Å². The van der Waals surface area contributed by atoms with Crippen molar-refractivity contribution in [1.82, 2.24) is 4.98 Å². The van der Waals surface area contributed by atoms with E-state index in [4.69, 9.17) is 23.2 Å². The predicted molar refractivity (Wildman–Crippen MR) is 71.2 cm³/mol. The van der Waals surface area contributed by atoms with Crippen molar-refractivity contribution in [2.45, 2.75) is 0 Å². The van der Waals surface area contributed by atoms with Crippen LogP contribution in [0.25, 0.3) is 0 Å². The van der Waals surface area contributed by atoms with Crippen LogP contribution in [0, 0.1) is 0 Å². The molecule has 17 heavy (non-hydrogen) atoms. The first kappa shape index (κ1) is 12.2. The number of nitrogens with one attached hydrogen (secondary N) is 2. The third kappa shape index (κ3) is 3.33. The first-order valence-electron chi connectivity index (χ1n) is 4.58. The van der Waals surface area contributed by atoms with Crippen molar-refractivity contribution in [3.05, 3.63) is 39.8 Å². The van der Waals surface area contributed by atoms with E-state index in [-0.39, 0.29) is 0 Å². The second-order valence-electron chi connectivity index (χ2n) is 3.04. The van der Waals surface area contributed by atoms with Gasteiger partial charge in [-0.1, -0.05) is 23.2 Å². The number of hydrogen-bond donors (Lipinski definition) is 2. The van der Waals surface area contributed by atoms with Crippen molar-refractivity contribution < 1.29 is 4.79 Å². The fourth-order valence-corrected chi connectivity index (χ4v) is 1.99. The van der Waals surface area contributed by atoms with Gasteiger partial charge in [0.05, 0.1) is 10.7 Å². The van der Waals surface area contributed by atoms with E-state index in [1.165, 1.54) is 11.3 Å². The summed E-state index contributed by atoms with van der Waals surface area (Å²) in [5.74, 6) is 0. The van der Waals surface area contributed by atoms with E-state index in [0.29, 0.717) is 20.9 Å². The Kier molecular flexibility index (Phi) is 3.83. The number of rotatable bonds is 2. The molecule has 0 bridgehead atoms. The van der Waals surface area contributed by atoms with Gasteiger partial charge in [-0.15, -0.1) is 11.3 Å². The smallest absolute Gasteiger partial charge is 0.306 e. The Hall–Kier alpha value is -1.30. The minimum absolute atomic E-state index is 0.413. The number of carbonyl (C=O) groups is 1. The second-order valence-corrected chi connectivity index (χ2v) is 4.78. The lowest BCUT2D eigenvalue weighted by molar-refractivity contribution is 0.262. The Morgan fingerprint density at radius 3 is 2.82 bits per heavy atom. The van der Waals surface area contributed by atoms with Crippen LogP contribution in [0.5, 0.6) is 0 Å². The van der Waals surface area contributed by atoms with Crippen LogP contribution in [-0.4, -0.2) is 11.0 Å². The van der Waals surface area contributed by atoms with Crippen LogP contribution in [-0.2, 0) is 0 Å². The monoisotopic (exact) mass is 287 g/mol. The Morgan fingerprint density at radius 2 is 2.12 bits per heavy atom. The van der Waals surface area contributed by atoms with Crippen molar-refractivity contribution in [2.24, 2.45) is 0 Å². The summed E-state index contributed by atoms with van der Waals surface area (Å²) in [6.45, 7) is 0. The maximum absolute atomic E-state index is 11.6. The average molecular weight is 288 g/mol. The molecular formula is C10H7Cl2N3OS. The van der Waals surface area contributed by atoms with E-state index < -0.39 is 6.03 Å². The molecule has 0 saturated heterocycles. The number of carbonyl (C=O) groups excluding carboxylic acids is 1. The molecule has 0 saturated carbocycles. The number of halogens is 2. The summed E-state index contributed by atoms with van der Waals surface area (Å²) in [6, 6.07) is 4.42. The van der Waals surface area contributed by atoms with Crippen LogP contribution in [0.3, 0.4) is 0 Å². The Balaban J connectivity index is 2.05. The van der Waals surface area contributed by atoms with Gasteiger partial charge in [-0.25, -0.2) is 9.78 Å². The minimum Gasteiger partial charge on any atom is -0.306 e. The number of urea groups is 1. The van der Waals surface area contributed by atoms with Crippen molar-refractivity contribution in [2.75, 3.05) is 10.6 Å². The van der Waals surface area contributed by atoms with Gasteiger partial charge in [0, 0.05) is 16.6 Å². The third-order valence-corrected chi connectivity index (χ3v) is 3.08. The van der Waals surface area contributed by atoms with Gasteiger partial charge in [0.1, 0.15) is 0 Å². The fourth-order valence-electron chi connectivity index (χ4n) is 1.13. The van der Waals surface area contributed by atoms with Crippen LogP contribution < -0.4 is 10.6 Å². The lowest BCUT2D eigenvalue weighted by Crippen LogP contribution is -2.19. The fraction of sp³-hybridized carbons (Fsp3) is 0. The second kappa shape index (κ2) is 5.35. The highest BCUT2D eigenvalue weighted by molar-refractivity contribution is 7.13. The molecule has 88 valence electrons. The topological polar surface area (TPSA) is 54.0 Å². The molecule has 0 unspecified atom stereocenters. The molecule has 0 spiro atoms. The zero-order valence-corrected chi connectivity index (χ0v) is 10.7. The van der Waals surface area contributed by atoms with Gasteiger partial charge >= 0.3 is 6.03 Å². The summed E-state index contributed by atoms with van der Waals surface area (Å²) >= 11 is 13.0. The minimum atomic E-state index is -0.413. The first-order chi connectivity index (χ1) is 8.15. The standard InChI is InChI=1S/C10H7Cl2N3OS/c11-6-1-2-7(12)8(5-6)14-9(16)15-10-13-3-4-17-10/h1-5H,(H2,13,14,15,16). The molecule has 4 nitrogen and oxygen atoms in total. The van der Waals surface area contributed by atoms with Gasteiger partial charge < -0.3 is 5.32 Å². The Morgan fingerprint density at radius 1 is 1.29 bits per heavy atom. The predicted octanol–water partition coefficient (Wildman–Crippen LogP) is 4.09. The number of hydrogen-bond acceptors (Lipinski definition) is 3. The highest BCUT2D eigenvalue weighted by Crippen LogP contribution is 2.25. The van der Waals surface area contributed by atoms with Gasteiger partial charge in [-0.2, -0.15) is 0 Å². The van der Waals surface area contributed by atoms with Gasteiger partial charge in [-0.3, -0.25) is 5.32 Å². The van der Waals surface area contributed by atoms with E-state index >= 15 is 0 Å². The lowest BCUT2D eigenvalue weighted by Gasteiger charge is -2.07. The van der Waals surface area contributed by atoms with Crippen molar-refractivity contribution in [3.63, 3.8) is 0 Å². The summed E-state index contributed by atoms with van der Waals surface area (Å²) in [5, 5.41) is 8.36. The molecular weight excluding hydrogens is 281 g/mol. The van der Waals surface area contributed by atoms with Crippen LogP contribution >= 0.6 is 34.5 Å². The highest BCUT2D eigenvalue weighted by atomic mass is 35.5.